The summed E-state index contributed by atoms with van der Waals surface area (Å²) >= 11 is 0. The van der Waals surface area contributed by atoms with Gasteiger partial charge in [0.2, 0.25) is 0 Å². The second kappa shape index (κ2) is 10.8. The number of aliphatic carboxylic acids is 2. The molecule has 8 nitrogen and oxygen atoms in total. The minimum absolute atomic E-state index is 0.0651. The average Bonchev–Trinajstić information content (AvgIpc) is 3.12. The van der Waals surface area contributed by atoms with E-state index >= 15 is 0 Å². The molecule has 0 spiro atoms. The van der Waals surface area contributed by atoms with Crippen LogP contribution in [0, 0.1) is 5.92 Å². The Morgan fingerprint density at radius 2 is 1.61 bits per heavy atom. The van der Waals surface area contributed by atoms with Crippen LogP contribution in [0.15, 0.2) is 48.5 Å². The van der Waals surface area contributed by atoms with Gasteiger partial charge in [-0.2, -0.15) is 0 Å². The van der Waals surface area contributed by atoms with Crippen molar-refractivity contribution in [2.24, 2.45) is 5.92 Å². The third-order valence-corrected chi connectivity index (χ3v) is 5.37. The summed E-state index contributed by atoms with van der Waals surface area (Å²) in [6, 6.07) is 16.6. The van der Waals surface area contributed by atoms with E-state index in [1.165, 1.54) is 11.1 Å². The Kier molecular flexibility index (Phi) is 7.86. The number of para-hydroxylation sites is 2. The normalized spacial score (nSPS) is 20.2. The van der Waals surface area contributed by atoms with Crippen LogP contribution in [0.3, 0.4) is 0 Å². The molecule has 0 amide bonds. The second-order valence-electron chi connectivity index (χ2n) is 7.38. The lowest BCUT2D eigenvalue weighted by Crippen LogP contribution is -2.40. The first kappa shape index (κ1) is 22.6. The molecule has 166 valence electrons. The van der Waals surface area contributed by atoms with Crippen molar-refractivity contribution < 1.29 is 34.0 Å². The Balaban J connectivity index is 0.000000401. The molecule has 0 bridgehead atoms. The molecule has 2 aromatic rings. The molecule has 2 N–H and O–H groups in total. The van der Waals surface area contributed by atoms with Gasteiger partial charge in [0.15, 0.2) is 11.5 Å². The Bertz CT molecular complexity index is 883. The van der Waals surface area contributed by atoms with Crippen LogP contribution in [0.4, 0.5) is 0 Å². The van der Waals surface area contributed by atoms with Gasteiger partial charge in [-0.3, -0.25) is 4.90 Å². The van der Waals surface area contributed by atoms with Gasteiger partial charge in [0.05, 0.1) is 20.3 Å². The number of carbonyl (C=O) groups is 2. The topological polar surface area (TPSA) is 106 Å². The van der Waals surface area contributed by atoms with Crippen molar-refractivity contribution in [3.05, 3.63) is 59.7 Å². The molecule has 2 aliphatic rings. The van der Waals surface area contributed by atoms with Gasteiger partial charge in [-0.1, -0.05) is 36.4 Å². The summed E-state index contributed by atoms with van der Waals surface area (Å²) in [5.41, 5.74) is 2.72. The number of benzene rings is 2. The van der Waals surface area contributed by atoms with Gasteiger partial charge in [0.1, 0.15) is 6.10 Å². The molecular formula is C23H27NO7. The van der Waals surface area contributed by atoms with E-state index < -0.39 is 11.9 Å². The summed E-state index contributed by atoms with van der Waals surface area (Å²) < 4.78 is 17.5. The van der Waals surface area contributed by atoms with Gasteiger partial charge in [-0.15, -0.1) is 0 Å². The Morgan fingerprint density at radius 1 is 1.00 bits per heavy atom. The van der Waals surface area contributed by atoms with Crippen LogP contribution in [0.1, 0.15) is 17.2 Å². The first-order valence-corrected chi connectivity index (χ1v) is 10.1. The van der Waals surface area contributed by atoms with Crippen LogP contribution >= 0.6 is 0 Å². The highest BCUT2D eigenvalue weighted by Gasteiger charge is 2.35. The van der Waals surface area contributed by atoms with Crippen LogP contribution in [-0.4, -0.2) is 67.0 Å². The summed E-state index contributed by atoms with van der Waals surface area (Å²) in [5, 5.41) is 14.8. The van der Waals surface area contributed by atoms with Crippen molar-refractivity contribution in [1.82, 2.24) is 4.90 Å². The molecule has 1 aliphatic carbocycles. The van der Waals surface area contributed by atoms with Gasteiger partial charge >= 0.3 is 11.9 Å². The van der Waals surface area contributed by atoms with Crippen LogP contribution in [0.5, 0.6) is 11.5 Å². The fourth-order valence-corrected chi connectivity index (χ4v) is 3.93. The molecule has 2 aromatic carbocycles. The zero-order valence-electron chi connectivity index (χ0n) is 17.4. The predicted molar refractivity (Wildman–Crippen MR) is 113 cm³/mol. The molecule has 0 aromatic heterocycles. The quantitative estimate of drug-likeness (QED) is 0.699. The number of fused-ring (bicyclic) bond motifs is 1. The lowest BCUT2D eigenvalue weighted by atomic mass is 10.0. The highest BCUT2D eigenvalue weighted by atomic mass is 16.5. The largest absolute Gasteiger partial charge is 0.493 e. The number of methoxy groups -OCH3 is 1. The van der Waals surface area contributed by atoms with Gasteiger partial charge < -0.3 is 24.4 Å². The van der Waals surface area contributed by atoms with Crippen molar-refractivity contribution in [3.8, 4) is 11.5 Å². The van der Waals surface area contributed by atoms with Gasteiger partial charge in [-0.05, 0) is 29.7 Å². The van der Waals surface area contributed by atoms with Crippen LogP contribution < -0.4 is 9.47 Å². The number of hydrogen-bond donors (Lipinski definition) is 2. The number of carboxylic acid groups (broad SMARTS) is 2. The SMILES string of the molecule is COc1ccccc1O[C@@H]1c2ccccc2C[C@@H]1CN1CCOCC1.O=C(O)C(=O)O. The lowest BCUT2D eigenvalue weighted by Gasteiger charge is -2.31. The van der Waals surface area contributed by atoms with E-state index in [1.807, 2.05) is 24.3 Å². The van der Waals surface area contributed by atoms with E-state index in [0.29, 0.717) is 5.92 Å². The smallest absolute Gasteiger partial charge is 0.414 e. The van der Waals surface area contributed by atoms with E-state index in [0.717, 1.165) is 50.8 Å². The Labute approximate surface area is 181 Å². The fraction of sp³-hybridized carbons (Fsp3) is 0.391. The summed E-state index contributed by atoms with van der Waals surface area (Å²) in [6.45, 7) is 4.72. The van der Waals surface area contributed by atoms with E-state index in [9.17, 15) is 0 Å². The van der Waals surface area contributed by atoms with Crippen LogP contribution in [0.25, 0.3) is 0 Å². The molecule has 0 saturated carbocycles. The minimum atomic E-state index is -1.82. The number of rotatable bonds is 5. The van der Waals surface area contributed by atoms with Crippen molar-refractivity contribution in [2.75, 3.05) is 40.0 Å². The first-order chi connectivity index (χ1) is 15.0. The molecule has 1 fully saturated rings. The van der Waals surface area contributed by atoms with E-state index in [-0.39, 0.29) is 6.10 Å². The maximum absolute atomic E-state index is 9.10. The van der Waals surface area contributed by atoms with Gasteiger partial charge in [0, 0.05) is 25.6 Å². The first-order valence-electron chi connectivity index (χ1n) is 10.1. The monoisotopic (exact) mass is 429 g/mol. The summed E-state index contributed by atoms with van der Waals surface area (Å²) in [5.74, 6) is -1.60. The third kappa shape index (κ3) is 5.96. The van der Waals surface area contributed by atoms with Crippen molar-refractivity contribution in [2.45, 2.75) is 12.5 Å². The summed E-state index contributed by atoms with van der Waals surface area (Å²) in [6.07, 6.45) is 1.13. The van der Waals surface area contributed by atoms with Crippen molar-refractivity contribution >= 4 is 11.9 Å². The number of hydrogen-bond acceptors (Lipinski definition) is 6. The second-order valence-corrected chi connectivity index (χ2v) is 7.38. The molecule has 1 aliphatic heterocycles. The number of morpholine rings is 1. The maximum atomic E-state index is 9.10. The predicted octanol–water partition coefficient (Wildman–Crippen LogP) is 2.48. The highest BCUT2D eigenvalue weighted by molar-refractivity contribution is 6.27. The zero-order valence-corrected chi connectivity index (χ0v) is 17.4. The standard InChI is InChI=1S/C21H25NO3.C2H2O4/c1-23-19-8-4-5-9-20(19)25-21-17(15-22-10-12-24-13-11-22)14-16-6-2-3-7-18(16)21;3-1(4)2(5)6/h2-9,17,21H,10-15H2,1H3;(H,3,4)(H,5,6)/t17-,21+;/m1./s1. The molecule has 4 rings (SSSR count). The fourth-order valence-electron chi connectivity index (χ4n) is 3.93. The highest BCUT2D eigenvalue weighted by Crippen LogP contribution is 2.41. The van der Waals surface area contributed by atoms with Gasteiger partial charge in [-0.25, -0.2) is 9.59 Å². The molecule has 31 heavy (non-hydrogen) atoms. The molecule has 0 radical (unpaired) electrons. The van der Waals surface area contributed by atoms with Gasteiger partial charge in [0.25, 0.3) is 0 Å². The molecule has 8 heteroatoms. The number of nitrogens with zero attached hydrogens (tertiary/aromatic N) is 1. The van der Waals surface area contributed by atoms with Crippen molar-refractivity contribution in [3.63, 3.8) is 0 Å². The molecule has 0 unspecified atom stereocenters. The summed E-state index contributed by atoms with van der Waals surface area (Å²) in [4.78, 5) is 20.7. The van der Waals surface area contributed by atoms with E-state index in [1.54, 1.807) is 7.11 Å². The van der Waals surface area contributed by atoms with E-state index in [2.05, 4.69) is 29.2 Å². The molecule has 1 heterocycles. The molecule has 1 saturated heterocycles. The van der Waals surface area contributed by atoms with E-state index in [4.69, 9.17) is 34.0 Å². The zero-order chi connectivity index (χ0) is 22.2. The third-order valence-electron chi connectivity index (χ3n) is 5.37. The van der Waals surface area contributed by atoms with Crippen LogP contribution in [-0.2, 0) is 20.7 Å². The maximum Gasteiger partial charge on any atom is 0.414 e. The number of ether oxygens (including phenoxy) is 3. The average molecular weight is 429 g/mol. The van der Waals surface area contributed by atoms with Crippen LogP contribution in [0.2, 0.25) is 0 Å². The minimum Gasteiger partial charge on any atom is -0.493 e. The molecular weight excluding hydrogens is 402 g/mol. The summed E-state index contributed by atoms with van der Waals surface area (Å²) in [7, 11) is 1.69. The van der Waals surface area contributed by atoms with Crippen molar-refractivity contribution in [1.29, 1.82) is 0 Å². The Morgan fingerprint density at radius 3 is 2.26 bits per heavy atom. The lowest BCUT2D eigenvalue weighted by molar-refractivity contribution is -0.159. The number of carboxylic acids is 2. The molecule has 2 atom stereocenters. The Hall–Kier alpha value is -3.10.